The van der Waals surface area contributed by atoms with Gasteiger partial charge in [-0.3, -0.25) is 4.79 Å². The van der Waals surface area contributed by atoms with E-state index in [9.17, 15) is 4.79 Å². The van der Waals surface area contributed by atoms with E-state index in [1.165, 1.54) is 18.6 Å². The number of rotatable bonds is 5. The van der Waals surface area contributed by atoms with E-state index in [4.69, 9.17) is 16.3 Å². The second-order valence-electron chi connectivity index (χ2n) is 5.60. The van der Waals surface area contributed by atoms with Gasteiger partial charge in [-0.15, -0.1) is 0 Å². The summed E-state index contributed by atoms with van der Waals surface area (Å²) in [6, 6.07) is 7.73. The van der Waals surface area contributed by atoms with Gasteiger partial charge in [-0.2, -0.15) is 4.37 Å². The third-order valence-electron chi connectivity index (χ3n) is 3.90. The zero-order chi connectivity index (χ0) is 16.9. The quantitative estimate of drug-likeness (QED) is 0.810. The van der Waals surface area contributed by atoms with Crippen LogP contribution >= 0.6 is 23.1 Å². The molecule has 1 aliphatic heterocycles. The molecule has 0 atom stereocenters. The number of hydrogen-bond donors (Lipinski definition) is 0. The molecule has 1 saturated heterocycles. The molecule has 8 heteroatoms. The first-order valence-electron chi connectivity index (χ1n) is 7.74. The maximum Gasteiger partial charge on any atom is 0.248 e. The zero-order valence-corrected chi connectivity index (χ0v) is 15.0. The van der Waals surface area contributed by atoms with Crippen molar-refractivity contribution in [3.63, 3.8) is 0 Å². The second kappa shape index (κ2) is 7.92. The van der Waals surface area contributed by atoms with Gasteiger partial charge in [0.15, 0.2) is 0 Å². The van der Waals surface area contributed by atoms with Crippen molar-refractivity contribution < 1.29 is 9.53 Å². The summed E-state index contributed by atoms with van der Waals surface area (Å²) in [6.45, 7) is 3.06. The molecule has 0 aliphatic carbocycles. The van der Waals surface area contributed by atoms with Gasteiger partial charge in [0.2, 0.25) is 11.0 Å². The molecule has 6 nitrogen and oxygen atoms in total. The highest BCUT2D eigenvalue weighted by atomic mass is 35.5. The second-order valence-corrected chi connectivity index (χ2v) is 6.76. The molecule has 0 unspecified atom stereocenters. The lowest BCUT2D eigenvalue weighted by Crippen LogP contribution is -2.49. The van der Waals surface area contributed by atoms with Crippen molar-refractivity contribution in [1.82, 2.24) is 14.3 Å². The lowest BCUT2D eigenvalue weighted by atomic mass is 10.1. The van der Waals surface area contributed by atoms with Gasteiger partial charge in [0.05, 0.1) is 0 Å². The number of piperazine rings is 1. The number of carbonyl (C=O) groups is 1. The zero-order valence-electron chi connectivity index (χ0n) is 13.4. The summed E-state index contributed by atoms with van der Waals surface area (Å²) in [7, 11) is 1.54. The third-order valence-corrected chi connectivity index (χ3v) is 4.97. The summed E-state index contributed by atoms with van der Waals surface area (Å²) in [6.07, 6.45) is 0.694. The number of anilines is 1. The van der Waals surface area contributed by atoms with Crippen molar-refractivity contribution in [2.24, 2.45) is 0 Å². The van der Waals surface area contributed by atoms with Crippen molar-refractivity contribution >= 4 is 34.2 Å². The SMILES string of the molecule is COCC(=O)N1CCN(c2nc(Cc3ccc(Cl)cc3)ns2)CC1. The van der Waals surface area contributed by atoms with E-state index in [1.54, 1.807) is 0 Å². The number of aromatic nitrogens is 2. The summed E-state index contributed by atoms with van der Waals surface area (Å²) >= 11 is 7.31. The summed E-state index contributed by atoms with van der Waals surface area (Å²) in [4.78, 5) is 20.5. The average molecular weight is 367 g/mol. The number of hydrogen-bond acceptors (Lipinski definition) is 6. The van der Waals surface area contributed by atoms with E-state index in [-0.39, 0.29) is 12.5 Å². The smallest absolute Gasteiger partial charge is 0.248 e. The Kier molecular flexibility index (Phi) is 5.65. The van der Waals surface area contributed by atoms with Gasteiger partial charge in [0, 0.05) is 56.3 Å². The minimum Gasteiger partial charge on any atom is -0.375 e. The van der Waals surface area contributed by atoms with Gasteiger partial charge in [-0.1, -0.05) is 23.7 Å². The summed E-state index contributed by atoms with van der Waals surface area (Å²) in [5.41, 5.74) is 1.14. The molecule has 1 amide bonds. The molecule has 1 aromatic heterocycles. The first kappa shape index (κ1) is 17.1. The largest absolute Gasteiger partial charge is 0.375 e. The molecule has 1 aromatic carbocycles. The number of carbonyl (C=O) groups excluding carboxylic acids is 1. The number of benzene rings is 1. The van der Waals surface area contributed by atoms with Crippen LogP contribution in [0.3, 0.4) is 0 Å². The molecule has 2 aromatic rings. The Bertz CT molecular complexity index is 684. The van der Waals surface area contributed by atoms with Gasteiger partial charge in [0.1, 0.15) is 12.4 Å². The fourth-order valence-corrected chi connectivity index (χ4v) is 3.45. The number of ether oxygens (including phenoxy) is 1. The Balaban J connectivity index is 1.56. The Hall–Kier alpha value is -1.70. The molecule has 0 radical (unpaired) electrons. The van der Waals surface area contributed by atoms with Crippen LogP contribution in [-0.4, -0.2) is 60.1 Å². The molecular formula is C16H19ClN4O2S. The third kappa shape index (κ3) is 4.23. The van der Waals surface area contributed by atoms with E-state index in [2.05, 4.69) is 14.3 Å². The molecule has 2 heterocycles. The summed E-state index contributed by atoms with van der Waals surface area (Å²) in [5, 5.41) is 1.64. The molecule has 24 heavy (non-hydrogen) atoms. The van der Waals surface area contributed by atoms with Crippen molar-refractivity contribution in [1.29, 1.82) is 0 Å². The lowest BCUT2D eigenvalue weighted by molar-refractivity contribution is -0.135. The Morgan fingerprint density at radius 1 is 1.25 bits per heavy atom. The van der Waals surface area contributed by atoms with Crippen LogP contribution in [0.25, 0.3) is 0 Å². The average Bonchev–Trinajstić information content (AvgIpc) is 3.06. The molecule has 3 rings (SSSR count). The highest BCUT2D eigenvalue weighted by Crippen LogP contribution is 2.21. The van der Waals surface area contributed by atoms with E-state index in [0.717, 1.165) is 34.6 Å². The van der Waals surface area contributed by atoms with Crippen LogP contribution in [0.2, 0.25) is 5.02 Å². The van der Waals surface area contributed by atoms with E-state index >= 15 is 0 Å². The fraction of sp³-hybridized carbons (Fsp3) is 0.438. The van der Waals surface area contributed by atoms with E-state index in [0.29, 0.717) is 19.5 Å². The van der Waals surface area contributed by atoms with Gasteiger partial charge in [0.25, 0.3) is 0 Å². The van der Waals surface area contributed by atoms with Crippen LogP contribution in [0.15, 0.2) is 24.3 Å². The predicted molar refractivity (Wildman–Crippen MR) is 94.8 cm³/mol. The lowest BCUT2D eigenvalue weighted by Gasteiger charge is -2.34. The fourth-order valence-electron chi connectivity index (χ4n) is 2.59. The maximum absolute atomic E-state index is 11.8. The number of methoxy groups -OCH3 is 1. The molecular weight excluding hydrogens is 348 g/mol. The number of halogens is 1. The van der Waals surface area contributed by atoms with Crippen LogP contribution < -0.4 is 4.90 Å². The minimum atomic E-state index is 0.0397. The first-order valence-corrected chi connectivity index (χ1v) is 8.89. The highest BCUT2D eigenvalue weighted by molar-refractivity contribution is 7.09. The summed E-state index contributed by atoms with van der Waals surface area (Å²) < 4.78 is 9.35. The minimum absolute atomic E-state index is 0.0397. The van der Waals surface area contributed by atoms with Gasteiger partial charge in [-0.05, 0) is 17.7 Å². The maximum atomic E-state index is 11.8. The molecule has 0 saturated carbocycles. The van der Waals surface area contributed by atoms with Gasteiger partial charge < -0.3 is 14.5 Å². The number of amides is 1. The van der Waals surface area contributed by atoms with Crippen molar-refractivity contribution in [3.8, 4) is 0 Å². The standard InChI is InChI=1S/C16H19ClN4O2S/c1-23-11-15(22)20-6-8-21(9-7-20)16-18-14(19-24-16)10-12-2-4-13(17)5-3-12/h2-5H,6-11H2,1H3. The van der Waals surface area contributed by atoms with Gasteiger partial charge in [-0.25, -0.2) is 4.98 Å². The Labute approximate surface area is 150 Å². The predicted octanol–water partition coefficient (Wildman–Crippen LogP) is 2.08. The molecule has 1 fully saturated rings. The molecule has 128 valence electrons. The molecule has 0 N–H and O–H groups in total. The monoisotopic (exact) mass is 366 g/mol. The Morgan fingerprint density at radius 3 is 2.62 bits per heavy atom. The topological polar surface area (TPSA) is 58.6 Å². The normalized spacial score (nSPS) is 14.9. The molecule has 0 spiro atoms. The van der Waals surface area contributed by atoms with E-state index < -0.39 is 0 Å². The van der Waals surface area contributed by atoms with Crippen molar-refractivity contribution in [2.75, 3.05) is 44.8 Å². The van der Waals surface area contributed by atoms with Crippen LogP contribution in [-0.2, 0) is 16.0 Å². The van der Waals surface area contributed by atoms with Crippen molar-refractivity contribution in [2.45, 2.75) is 6.42 Å². The molecule has 0 bridgehead atoms. The van der Waals surface area contributed by atoms with Crippen LogP contribution in [0.1, 0.15) is 11.4 Å². The van der Waals surface area contributed by atoms with Crippen LogP contribution in [0.4, 0.5) is 5.13 Å². The summed E-state index contributed by atoms with van der Waals surface area (Å²) in [5.74, 6) is 0.855. The van der Waals surface area contributed by atoms with Crippen molar-refractivity contribution in [3.05, 3.63) is 40.7 Å². The van der Waals surface area contributed by atoms with Crippen LogP contribution in [0, 0.1) is 0 Å². The highest BCUT2D eigenvalue weighted by Gasteiger charge is 2.23. The first-order chi connectivity index (χ1) is 11.7. The Morgan fingerprint density at radius 2 is 1.96 bits per heavy atom. The van der Waals surface area contributed by atoms with Crippen LogP contribution in [0.5, 0.6) is 0 Å². The van der Waals surface area contributed by atoms with Gasteiger partial charge >= 0.3 is 0 Å². The molecule has 1 aliphatic rings. The van der Waals surface area contributed by atoms with E-state index in [1.807, 2.05) is 29.2 Å². The number of nitrogens with zero attached hydrogens (tertiary/aromatic N) is 4.